The average molecular weight is 285 g/mol. The highest BCUT2D eigenvalue weighted by Gasteiger charge is 2.25. The fraction of sp³-hybridized carbons (Fsp3) is 0.538. The molecule has 0 amide bonds. The van der Waals surface area contributed by atoms with Crippen LogP contribution in [0.5, 0.6) is 0 Å². The predicted octanol–water partition coefficient (Wildman–Crippen LogP) is 2.17. The molecule has 0 bridgehead atoms. The molecule has 19 heavy (non-hydrogen) atoms. The Hall–Kier alpha value is -1.33. The van der Waals surface area contributed by atoms with Gasteiger partial charge in [0.2, 0.25) is 0 Å². The van der Waals surface area contributed by atoms with Crippen LogP contribution in [-0.4, -0.2) is 40.4 Å². The number of nitrogens with zero attached hydrogens (tertiary/aromatic N) is 2. The smallest absolute Gasteiger partial charge is 0.337 e. The Bertz CT molecular complexity index is 465. The van der Waals surface area contributed by atoms with E-state index in [1.807, 2.05) is 0 Å². The Morgan fingerprint density at radius 3 is 2.95 bits per heavy atom. The minimum absolute atomic E-state index is 0.0875. The molecule has 2 rings (SSSR count). The second-order valence-electron chi connectivity index (χ2n) is 4.69. The van der Waals surface area contributed by atoms with E-state index < -0.39 is 5.97 Å². The molecular weight excluding hydrogens is 268 g/mol. The van der Waals surface area contributed by atoms with E-state index in [2.05, 4.69) is 9.88 Å². The molecule has 6 heteroatoms. The van der Waals surface area contributed by atoms with Gasteiger partial charge in [0.15, 0.2) is 0 Å². The van der Waals surface area contributed by atoms with Crippen molar-refractivity contribution in [1.29, 1.82) is 0 Å². The molecule has 1 aromatic rings. The number of aromatic nitrogens is 1. The third-order valence-electron chi connectivity index (χ3n) is 3.43. The molecule has 1 unspecified atom stereocenters. The van der Waals surface area contributed by atoms with Crippen LogP contribution < -0.4 is 4.90 Å². The van der Waals surface area contributed by atoms with Gasteiger partial charge in [-0.15, -0.1) is 0 Å². The normalized spacial score (nSPS) is 19.5. The number of carbonyl (C=O) groups is 1. The van der Waals surface area contributed by atoms with E-state index in [1.54, 1.807) is 0 Å². The summed E-state index contributed by atoms with van der Waals surface area (Å²) in [7, 11) is 0. The number of aromatic carboxylic acids is 1. The molecule has 1 atom stereocenters. The van der Waals surface area contributed by atoms with Crippen LogP contribution in [0.2, 0.25) is 5.02 Å². The zero-order valence-electron chi connectivity index (χ0n) is 10.5. The summed E-state index contributed by atoms with van der Waals surface area (Å²) < 4.78 is 0. The third kappa shape index (κ3) is 3.16. The molecule has 0 aliphatic carbocycles. The number of anilines is 1. The van der Waals surface area contributed by atoms with Crippen molar-refractivity contribution in [3.63, 3.8) is 0 Å². The lowest BCUT2D eigenvalue weighted by Gasteiger charge is -2.37. The Morgan fingerprint density at radius 2 is 2.32 bits per heavy atom. The number of hydrogen-bond donors (Lipinski definition) is 2. The number of rotatable bonds is 4. The van der Waals surface area contributed by atoms with E-state index in [1.165, 1.54) is 12.3 Å². The number of carboxylic acid groups (broad SMARTS) is 1. The van der Waals surface area contributed by atoms with Crippen LogP contribution in [0.3, 0.4) is 0 Å². The first kappa shape index (κ1) is 14.1. The monoisotopic (exact) mass is 284 g/mol. The number of hydrogen-bond acceptors (Lipinski definition) is 4. The highest BCUT2D eigenvalue weighted by Crippen LogP contribution is 2.30. The Morgan fingerprint density at radius 1 is 1.53 bits per heavy atom. The summed E-state index contributed by atoms with van der Waals surface area (Å²) in [5.74, 6) is -0.420. The van der Waals surface area contributed by atoms with Crippen LogP contribution in [0.1, 0.15) is 36.0 Å². The maximum absolute atomic E-state index is 10.9. The van der Waals surface area contributed by atoms with Crippen LogP contribution in [0.15, 0.2) is 12.3 Å². The van der Waals surface area contributed by atoms with Crippen molar-refractivity contribution in [2.24, 2.45) is 0 Å². The van der Waals surface area contributed by atoms with Crippen molar-refractivity contribution in [3.05, 3.63) is 22.8 Å². The van der Waals surface area contributed by atoms with E-state index in [0.717, 1.165) is 25.8 Å². The molecule has 2 N–H and O–H groups in total. The zero-order valence-corrected chi connectivity index (χ0v) is 11.3. The van der Waals surface area contributed by atoms with Gasteiger partial charge < -0.3 is 15.1 Å². The summed E-state index contributed by atoms with van der Waals surface area (Å²) in [6.07, 6.45) is 5.19. The SMILES string of the molecule is O=C(O)c1cnc(N2CCCCC2CCO)c(Cl)c1. The van der Waals surface area contributed by atoms with Crippen molar-refractivity contribution in [2.75, 3.05) is 18.1 Å². The van der Waals surface area contributed by atoms with Gasteiger partial charge >= 0.3 is 5.97 Å². The van der Waals surface area contributed by atoms with Gasteiger partial charge in [0, 0.05) is 25.4 Å². The van der Waals surface area contributed by atoms with Gasteiger partial charge in [0.05, 0.1) is 10.6 Å². The van der Waals surface area contributed by atoms with Gasteiger partial charge in [0.25, 0.3) is 0 Å². The second-order valence-corrected chi connectivity index (χ2v) is 5.10. The molecule has 2 heterocycles. The minimum atomic E-state index is -1.04. The minimum Gasteiger partial charge on any atom is -0.478 e. The van der Waals surface area contributed by atoms with Crippen molar-refractivity contribution in [3.8, 4) is 0 Å². The summed E-state index contributed by atoms with van der Waals surface area (Å²) in [6, 6.07) is 1.65. The van der Waals surface area contributed by atoms with Crippen LogP contribution >= 0.6 is 11.6 Å². The van der Waals surface area contributed by atoms with Crippen LogP contribution in [0, 0.1) is 0 Å². The number of pyridine rings is 1. The largest absolute Gasteiger partial charge is 0.478 e. The Labute approximate surface area is 116 Å². The van der Waals surface area contributed by atoms with Gasteiger partial charge in [-0.3, -0.25) is 0 Å². The standard InChI is InChI=1S/C13H17ClN2O3/c14-11-7-9(13(18)19)8-15-12(11)16-5-2-1-3-10(16)4-6-17/h7-8,10,17H,1-6H2,(H,18,19). The van der Waals surface area contributed by atoms with Gasteiger partial charge in [-0.05, 0) is 31.7 Å². The van der Waals surface area contributed by atoms with Crippen LogP contribution in [-0.2, 0) is 0 Å². The second kappa shape index (κ2) is 6.21. The van der Waals surface area contributed by atoms with Crippen LogP contribution in [0.25, 0.3) is 0 Å². The molecule has 1 aliphatic rings. The van der Waals surface area contributed by atoms with Crippen molar-refractivity contribution in [1.82, 2.24) is 4.98 Å². The first-order chi connectivity index (χ1) is 9.13. The molecule has 1 fully saturated rings. The third-order valence-corrected chi connectivity index (χ3v) is 3.71. The first-order valence-electron chi connectivity index (χ1n) is 6.40. The summed E-state index contributed by atoms with van der Waals surface area (Å²) in [6.45, 7) is 0.968. The maximum Gasteiger partial charge on any atom is 0.337 e. The summed E-state index contributed by atoms with van der Waals surface area (Å²) in [5, 5.41) is 18.4. The number of carboxylic acids is 1. The lowest BCUT2D eigenvalue weighted by molar-refractivity contribution is 0.0696. The molecule has 0 aromatic carbocycles. The maximum atomic E-state index is 10.9. The number of piperidine rings is 1. The lowest BCUT2D eigenvalue weighted by Crippen LogP contribution is -2.40. The number of aliphatic hydroxyl groups is 1. The van der Waals surface area contributed by atoms with Gasteiger partial charge in [0.1, 0.15) is 5.82 Å². The molecule has 1 aliphatic heterocycles. The van der Waals surface area contributed by atoms with Gasteiger partial charge in [-0.2, -0.15) is 0 Å². The summed E-state index contributed by atoms with van der Waals surface area (Å²) in [5.41, 5.74) is 0.0875. The molecule has 5 nitrogen and oxygen atoms in total. The number of halogens is 1. The molecule has 1 saturated heterocycles. The number of aliphatic hydroxyl groups excluding tert-OH is 1. The molecule has 0 saturated carbocycles. The summed E-state index contributed by atoms with van der Waals surface area (Å²) >= 11 is 6.14. The molecule has 0 radical (unpaired) electrons. The quantitative estimate of drug-likeness (QED) is 0.886. The van der Waals surface area contributed by atoms with E-state index in [9.17, 15) is 4.79 Å². The van der Waals surface area contributed by atoms with Crippen molar-refractivity contribution >= 4 is 23.4 Å². The fourth-order valence-corrected chi connectivity index (χ4v) is 2.76. The van der Waals surface area contributed by atoms with E-state index in [4.69, 9.17) is 21.8 Å². The lowest BCUT2D eigenvalue weighted by atomic mass is 9.99. The Kier molecular flexibility index (Phi) is 4.61. The fourth-order valence-electron chi connectivity index (χ4n) is 2.49. The summed E-state index contributed by atoms with van der Waals surface area (Å²) in [4.78, 5) is 17.1. The van der Waals surface area contributed by atoms with Crippen molar-refractivity contribution < 1.29 is 15.0 Å². The van der Waals surface area contributed by atoms with E-state index in [-0.39, 0.29) is 18.2 Å². The zero-order chi connectivity index (χ0) is 13.8. The molecule has 104 valence electrons. The molecule has 0 spiro atoms. The Balaban J connectivity index is 2.26. The van der Waals surface area contributed by atoms with Gasteiger partial charge in [-0.25, -0.2) is 9.78 Å². The van der Waals surface area contributed by atoms with E-state index >= 15 is 0 Å². The predicted molar refractivity (Wildman–Crippen MR) is 72.9 cm³/mol. The first-order valence-corrected chi connectivity index (χ1v) is 6.77. The van der Waals surface area contributed by atoms with Gasteiger partial charge in [-0.1, -0.05) is 11.6 Å². The van der Waals surface area contributed by atoms with Crippen LogP contribution in [0.4, 0.5) is 5.82 Å². The average Bonchev–Trinajstić information content (AvgIpc) is 2.40. The molecule has 1 aromatic heterocycles. The topological polar surface area (TPSA) is 73.7 Å². The highest BCUT2D eigenvalue weighted by atomic mass is 35.5. The van der Waals surface area contributed by atoms with E-state index in [0.29, 0.717) is 17.3 Å². The molecular formula is C13H17ClN2O3. The van der Waals surface area contributed by atoms with Crippen molar-refractivity contribution in [2.45, 2.75) is 31.7 Å². The highest BCUT2D eigenvalue weighted by molar-refractivity contribution is 6.33.